The summed E-state index contributed by atoms with van der Waals surface area (Å²) < 4.78 is 6.79. The van der Waals surface area contributed by atoms with Gasteiger partial charge < -0.3 is 15.0 Å². The molecule has 8 heteroatoms. The van der Waals surface area contributed by atoms with Crippen molar-refractivity contribution in [2.75, 3.05) is 13.2 Å². The lowest BCUT2D eigenvalue weighted by Crippen LogP contribution is -2.52. The summed E-state index contributed by atoms with van der Waals surface area (Å²) in [7, 11) is 0. The maximum atomic E-state index is 13.9. The van der Waals surface area contributed by atoms with E-state index >= 15 is 0 Å². The van der Waals surface area contributed by atoms with Crippen LogP contribution < -0.4 is 10.1 Å². The van der Waals surface area contributed by atoms with Crippen molar-refractivity contribution < 1.29 is 14.3 Å². The number of nitrogens with zero attached hydrogens (tertiary/aromatic N) is 1. The first-order valence-corrected chi connectivity index (χ1v) is 14.8. The van der Waals surface area contributed by atoms with Crippen molar-refractivity contribution in [3.8, 4) is 5.75 Å². The Morgan fingerprint density at radius 1 is 0.925 bits per heavy atom. The van der Waals surface area contributed by atoms with Crippen molar-refractivity contribution in [3.05, 3.63) is 111 Å². The monoisotopic (exact) mass is 640 g/mol. The lowest BCUT2D eigenvalue weighted by atomic mass is 10.0. The minimum atomic E-state index is -0.803. The van der Waals surface area contributed by atoms with Gasteiger partial charge in [-0.15, -0.1) is 0 Å². The van der Waals surface area contributed by atoms with E-state index in [-0.39, 0.29) is 25.0 Å². The first-order chi connectivity index (χ1) is 19.4. The molecule has 4 aromatic carbocycles. The molecule has 0 radical (unpaired) electrons. The Balaban J connectivity index is 1.66. The molecule has 208 valence electrons. The summed E-state index contributed by atoms with van der Waals surface area (Å²) in [6, 6.07) is 25.7. The highest BCUT2D eigenvalue weighted by atomic mass is 79.9. The summed E-state index contributed by atoms with van der Waals surface area (Å²) in [5.41, 5.74) is 1.50. The molecule has 5 nitrogen and oxygen atoms in total. The second-order valence-electron chi connectivity index (χ2n) is 9.46. The third-order valence-electron chi connectivity index (χ3n) is 6.67. The first-order valence-electron chi connectivity index (χ1n) is 13.2. The van der Waals surface area contributed by atoms with E-state index < -0.39 is 6.04 Å². The van der Waals surface area contributed by atoms with E-state index in [2.05, 4.69) is 28.2 Å². The molecule has 2 amide bonds. The number of halogens is 3. The van der Waals surface area contributed by atoms with Crippen molar-refractivity contribution in [3.63, 3.8) is 0 Å². The molecule has 4 aromatic rings. The van der Waals surface area contributed by atoms with Crippen LogP contribution in [0, 0.1) is 0 Å². The molecule has 0 unspecified atom stereocenters. The molecule has 0 bridgehead atoms. The van der Waals surface area contributed by atoms with Crippen LogP contribution in [0.15, 0.2) is 89.4 Å². The third kappa shape index (κ3) is 7.57. The van der Waals surface area contributed by atoms with Crippen LogP contribution in [0.25, 0.3) is 10.8 Å². The number of benzene rings is 4. The van der Waals surface area contributed by atoms with Gasteiger partial charge in [-0.25, -0.2) is 0 Å². The van der Waals surface area contributed by atoms with E-state index in [1.54, 1.807) is 18.2 Å². The summed E-state index contributed by atoms with van der Waals surface area (Å²) in [5, 5.41) is 5.89. The molecule has 0 spiro atoms. The molecular weight excluding hydrogens is 611 g/mol. The molecule has 0 fully saturated rings. The maximum Gasteiger partial charge on any atom is 0.261 e. The SMILES string of the molecule is CCCCNC(=O)[C@H](Cc1ccccc1)N(Cc1c(Cl)cccc1Cl)C(=O)COc1ccc2ccccc2c1Br. The fourth-order valence-corrected chi connectivity index (χ4v) is 5.59. The van der Waals surface area contributed by atoms with Gasteiger partial charge in [-0.3, -0.25) is 9.59 Å². The number of rotatable bonds is 12. The molecule has 1 N–H and O–H groups in total. The Labute approximate surface area is 253 Å². The lowest BCUT2D eigenvalue weighted by Gasteiger charge is -2.32. The minimum absolute atomic E-state index is 0.0539. The fraction of sp³-hybridized carbons (Fsp3) is 0.250. The number of hydrogen-bond acceptors (Lipinski definition) is 3. The van der Waals surface area contributed by atoms with Gasteiger partial charge in [0.05, 0.1) is 4.47 Å². The number of carbonyl (C=O) groups excluding carboxylic acids is 2. The van der Waals surface area contributed by atoms with Gasteiger partial charge in [-0.1, -0.05) is 103 Å². The highest BCUT2D eigenvalue weighted by Gasteiger charge is 2.31. The quantitative estimate of drug-likeness (QED) is 0.160. The highest BCUT2D eigenvalue weighted by molar-refractivity contribution is 9.10. The molecule has 0 aliphatic heterocycles. The fourth-order valence-electron chi connectivity index (χ4n) is 4.46. The van der Waals surface area contributed by atoms with Gasteiger partial charge in [-0.05, 0) is 56.9 Å². The van der Waals surface area contributed by atoms with Gasteiger partial charge in [0.25, 0.3) is 5.91 Å². The number of unbranched alkanes of at least 4 members (excludes halogenated alkanes) is 1. The van der Waals surface area contributed by atoms with Gasteiger partial charge in [0, 0.05) is 35.1 Å². The Kier molecular flexibility index (Phi) is 10.9. The van der Waals surface area contributed by atoms with Gasteiger partial charge in [-0.2, -0.15) is 0 Å². The second-order valence-corrected chi connectivity index (χ2v) is 11.1. The average Bonchev–Trinajstić information content (AvgIpc) is 2.96. The van der Waals surface area contributed by atoms with E-state index in [0.717, 1.165) is 33.7 Å². The van der Waals surface area contributed by atoms with Crippen LogP contribution in [0.4, 0.5) is 0 Å². The molecule has 4 rings (SSSR count). The van der Waals surface area contributed by atoms with E-state index in [1.165, 1.54) is 4.90 Å². The van der Waals surface area contributed by atoms with Gasteiger partial charge in [0.15, 0.2) is 6.61 Å². The highest BCUT2D eigenvalue weighted by Crippen LogP contribution is 2.33. The standard InChI is InChI=1S/C32H31BrCl2N2O3/c1-2-3-18-36-32(39)28(19-22-10-5-4-6-11-22)37(20-25-26(34)14-9-15-27(25)35)30(38)21-40-29-17-16-23-12-7-8-13-24(23)31(29)33/h4-17,28H,2-3,18-21H2,1H3,(H,36,39)/t28-/m0/s1. The topological polar surface area (TPSA) is 58.6 Å². The van der Waals surface area contributed by atoms with Crippen LogP contribution in [0.2, 0.25) is 10.0 Å². The third-order valence-corrected chi connectivity index (χ3v) is 8.20. The average molecular weight is 642 g/mol. The molecule has 0 aliphatic rings. The summed E-state index contributed by atoms with van der Waals surface area (Å²) in [6.45, 7) is 2.37. The number of fused-ring (bicyclic) bond motifs is 1. The van der Waals surface area contributed by atoms with E-state index in [9.17, 15) is 9.59 Å². The number of nitrogens with one attached hydrogen (secondary N) is 1. The summed E-state index contributed by atoms with van der Waals surface area (Å²) in [4.78, 5) is 29.0. The number of carbonyl (C=O) groups is 2. The minimum Gasteiger partial charge on any atom is -0.483 e. The molecule has 0 aliphatic carbocycles. The Bertz CT molecular complexity index is 1450. The van der Waals surface area contributed by atoms with Crippen molar-refractivity contribution in [2.24, 2.45) is 0 Å². The number of hydrogen-bond donors (Lipinski definition) is 1. The molecule has 0 aromatic heterocycles. The normalized spacial score (nSPS) is 11.7. The molecule has 0 heterocycles. The predicted octanol–water partition coefficient (Wildman–Crippen LogP) is 7.84. The van der Waals surface area contributed by atoms with Gasteiger partial charge in [0.2, 0.25) is 5.91 Å². The lowest BCUT2D eigenvalue weighted by molar-refractivity contribution is -0.142. The zero-order valence-electron chi connectivity index (χ0n) is 22.2. The van der Waals surface area contributed by atoms with Crippen LogP contribution in [0.1, 0.15) is 30.9 Å². The molecule has 0 saturated heterocycles. The van der Waals surface area contributed by atoms with Crippen LogP contribution in [0.3, 0.4) is 0 Å². The van der Waals surface area contributed by atoms with Crippen molar-refractivity contribution >= 4 is 61.7 Å². The Hall–Kier alpha value is -3.06. The Morgan fingerprint density at radius 2 is 1.62 bits per heavy atom. The zero-order chi connectivity index (χ0) is 28.5. The van der Waals surface area contributed by atoms with Crippen molar-refractivity contribution in [1.29, 1.82) is 0 Å². The van der Waals surface area contributed by atoms with E-state index in [0.29, 0.717) is 34.3 Å². The van der Waals surface area contributed by atoms with Crippen LogP contribution in [-0.2, 0) is 22.6 Å². The van der Waals surface area contributed by atoms with Crippen molar-refractivity contribution in [1.82, 2.24) is 10.2 Å². The molecule has 40 heavy (non-hydrogen) atoms. The molecule has 0 saturated carbocycles. The smallest absolute Gasteiger partial charge is 0.261 e. The van der Waals surface area contributed by atoms with E-state index in [4.69, 9.17) is 27.9 Å². The van der Waals surface area contributed by atoms with Crippen molar-refractivity contribution in [2.45, 2.75) is 38.8 Å². The second kappa shape index (κ2) is 14.5. The first kappa shape index (κ1) is 29.9. The zero-order valence-corrected chi connectivity index (χ0v) is 25.3. The van der Waals surface area contributed by atoms with Crippen LogP contribution in [0.5, 0.6) is 5.75 Å². The van der Waals surface area contributed by atoms with E-state index in [1.807, 2.05) is 66.7 Å². The molecule has 1 atom stereocenters. The summed E-state index contributed by atoms with van der Waals surface area (Å²) >= 11 is 16.7. The summed E-state index contributed by atoms with van der Waals surface area (Å²) in [6.07, 6.45) is 2.11. The number of amides is 2. The number of ether oxygens (including phenoxy) is 1. The van der Waals surface area contributed by atoms with Crippen LogP contribution >= 0.6 is 39.1 Å². The van der Waals surface area contributed by atoms with Gasteiger partial charge >= 0.3 is 0 Å². The summed E-state index contributed by atoms with van der Waals surface area (Å²) in [5.74, 6) is -0.0573. The van der Waals surface area contributed by atoms with Crippen LogP contribution in [-0.4, -0.2) is 35.9 Å². The van der Waals surface area contributed by atoms with Gasteiger partial charge in [0.1, 0.15) is 11.8 Å². The predicted molar refractivity (Wildman–Crippen MR) is 166 cm³/mol. The Morgan fingerprint density at radius 3 is 2.35 bits per heavy atom. The largest absolute Gasteiger partial charge is 0.483 e. The maximum absolute atomic E-state index is 13.9. The molecular formula is C32H31BrCl2N2O3.